The summed E-state index contributed by atoms with van der Waals surface area (Å²) in [7, 11) is 1.38. The Labute approximate surface area is 183 Å². The number of anilines is 1. The number of rotatable bonds is 7. The Bertz CT molecular complexity index is 1000. The molecule has 0 aliphatic heterocycles. The zero-order valence-corrected chi connectivity index (χ0v) is 18.5. The molecule has 1 aromatic carbocycles. The normalized spacial score (nSPS) is 10.6. The van der Waals surface area contributed by atoms with E-state index in [4.69, 9.17) is 28.6 Å². The summed E-state index contributed by atoms with van der Waals surface area (Å²) < 4.78 is 6.81. The highest BCUT2D eigenvalue weighted by atomic mass is 35.5. The quantitative estimate of drug-likeness (QED) is 0.309. The van der Waals surface area contributed by atoms with E-state index < -0.39 is 5.97 Å². The average molecular weight is 449 g/mol. The molecule has 2 N–H and O–H groups in total. The van der Waals surface area contributed by atoms with Crippen LogP contribution in [-0.2, 0) is 11.3 Å². The van der Waals surface area contributed by atoms with E-state index in [0.717, 1.165) is 29.0 Å². The summed E-state index contributed by atoms with van der Waals surface area (Å²) in [6, 6.07) is 9.78. The SMILES string of the molecule is COC(=O)c1c(NC(=S)NCCCn2cc(Cl)cn2)sc(C)c1-c1ccccc1. The fourth-order valence-corrected chi connectivity index (χ4v) is 4.43. The van der Waals surface area contributed by atoms with E-state index in [1.165, 1.54) is 18.4 Å². The molecule has 0 saturated heterocycles. The minimum absolute atomic E-state index is 0.394. The van der Waals surface area contributed by atoms with Crippen molar-refractivity contribution in [3.05, 3.63) is 58.2 Å². The zero-order chi connectivity index (χ0) is 20.8. The number of aryl methyl sites for hydroxylation is 2. The highest BCUT2D eigenvalue weighted by Gasteiger charge is 2.24. The third kappa shape index (κ3) is 5.35. The van der Waals surface area contributed by atoms with Gasteiger partial charge in [0, 0.05) is 29.7 Å². The van der Waals surface area contributed by atoms with Gasteiger partial charge in [0.25, 0.3) is 0 Å². The third-order valence-electron chi connectivity index (χ3n) is 4.21. The molecular weight excluding hydrogens is 428 g/mol. The lowest BCUT2D eigenvalue weighted by molar-refractivity contribution is 0.0603. The molecular formula is C20H21ClN4O2S2. The standard InChI is InChI=1S/C20H21ClN4O2S2/c1-13-16(14-7-4-3-5-8-14)17(19(26)27-2)18(29-13)24-20(28)22-9-6-10-25-12-15(21)11-23-25/h3-5,7-8,11-12H,6,9-10H2,1-2H3,(H2,22,24,28). The minimum atomic E-state index is -0.394. The summed E-state index contributed by atoms with van der Waals surface area (Å²) in [5.74, 6) is -0.394. The molecule has 152 valence electrons. The van der Waals surface area contributed by atoms with Crippen LogP contribution in [0.25, 0.3) is 11.1 Å². The molecule has 0 bridgehead atoms. The van der Waals surface area contributed by atoms with Gasteiger partial charge in [-0.25, -0.2) is 4.79 Å². The van der Waals surface area contributed by atoms with E-state index in [2.05, 4.69) is 15.7 Å². The molecule has 0 fully saturated rings. The highest BCUT2D eigenvalue weighted by molar-refractivity contribution is 7.80. The number of hydrogen-bond acceptors (Lipinski definition) is 5. The molecule has 6 nitrogen and oxygen atoms in total. The van der Waals surface area contributed by atoms with Gasteiger partial charge in [-0.15, -0.1) is 11.3 Å². The van der Waals surface area contributed by atoms with Crippen LogP contribution in [-0.4, -0.2) is 34.5 Å². The van der Waals surface area contributed by atoms with Crippen LogP contribution in [0.2, 0.25) is 5.02 Å². The van der Waals surface area contributed by atoms with Crippen molar-refractivity contribution >= 4 is 51.2 Å². The summed E-state index contributed by atoms with van der Waals surface area (Å²) in [4.78, 5) is 13.5. The molecule has 0 atom stereocenters. The number of esters is 1. The fraction of sp³-hybridized carbons (Fsp3) is 0.250. The summed E-state index contributed by atoms with van der Waals surface area (Å²) in [5.41, 5.74) is 2.33. The monoisotopic (exact) mass is 448 g/mol. The van der Waals surface area contributed by atoms with Gasteiger partial charge in [-0.3, -0.25) is 4.68 Å². The number of methoxy groups -OCH3 is 1. The maximum atomic E-state index is 12.5. The predicted molar refractivity (Wildman–Crippen MR) is 122 cm³/mol. The second-order valence-electron chi connectivity index (χ2n) is 6.25. The summed E-state index contributed by atoms with van der Waals surface area (Å²) in [5, 5.41) is 12.2. The van der Waals surface area contributed by atoms with E-state index in [1.54, 1.807) is 17.1 Å². The smallest absolute Gasteiger partial charge is 0.341 e. The molecule has 0 amide bonds. The van der Waals surface area contributed by atoms with Crippen LogP contribution >= 0.6 is 35.2 Å². The number of ether oxygens (including phenoxy) is 1. The first-order valence-electron chi connectivity index (χ1n) is 8.99. The fourth-order valence-electron chi connectivity index (χ4n) is 2.93. The van der Waals surface area contributed by atoms with Crippen LogP contribution in [0.1, 0.15) is 21.7 Å². The first-order chi connectivity index (χ1) is 14.0. The van der Waals surface area contributed by atoms with Crippen molar-refractivity contribution in [2.75, 3.05) is 19.0 Å². The number of aromatic nitrogens is 2. The number of thiocarbonyl (C=S) groups is 1. The first kappa shape index (κ1) is 21.3. The topological polar surface area (TPSA) is 68.2 Å². The van der Waals surface area contributed by atoms with Gasteiger partial charge >= 0.3 is 5.97 Å². The van der Waals surface area contributed by atoms with E-state index in [9.17, 15) is 4.79 Å². The van der Waals surface area contributed by atoms with Crippen molar-refractivity contribution in [2.24, 2.45) is 0 Å². The third-order valence-corrected chi connectivity index (χ3v) is 5.68. The Balaban J connectivity index is 1.68. The maximum absolute atomic E-state index is 12.5. The van der Waals surface area contributed by atoms with Crippen LogP contribution in [0, 0.1) is 6.92 Å². The van der Waals surface area contributed by atoms with Crippen molar-refractivity contribution in [1.29, 1.82) is 0 Å². The van der Waals surface area contributed by atoms with E-state index >= 15 is 0 Å². The molecule has 0 aliphatic carbocycles. The summed E-state index contributed by atoms with van der Waals surface area (Å²) in [6.07, 6.45) is 4.21. The molecule has 3 aromatic rings. The lowest BCUT2D eigenvalue weighted by Gasteiger charge is -2.11. The molecule has 2 heterocycles. The largest absolute Gasteiger partial charge is 0.465 e. The van der Waals surface area contributed by atoms with Crippen molar-refractivity contribution in [3.63, 3.8) is 0 Å². The Kier molecular flexibility index (Phi) is 7.24. The Morgan fingerprint density at radius 2 is 2.10 bits per heavy atom. The number of thiophene rings is 1. The number of carbonyl (C=O) groups excluding carboxylic acids is 1. The van der Waals surface area contributed by atoms with Crippen LogP contribution in [0.4, 0.5) is 5.00 Å². The van der Waals surface area contributed by atoms with Crippen LogP contribution in [0.5, 0.6) is 0 Å². The van der Waals surface area contributed by atoms with E-state index in [1.807, 2.05) is 37.3 Å². The molecule has 0 unspecified atom stereocenters. The minimum Gasteiger partial charge on any atom is -0.465 e. The van der Waals surface area contributed by atoms with Gasteiger partial charge < -0.3 is 15.4 Å². The van der Waals surface area contributed by atoms with Gasteiger partial charge in [-0.1, -0.05) is 41.9 Å². The number of nitrogens with one attached hydrogen (secondary N) is 2. The highest BCUT2D eigenvalue weighted by Crippen LogP contribution is 2.40. The maximum Gasteiger partial charge on any atom is 0.341 e. The number of nitrogens with zero attached hydrogens (tertiary/aromatic N) is 2. The van der Waals surface area contributed by atoms with Crippen molar-refractivity contribution in [1.82, 2.24) is 15.1 Å². The molecule has 0 aliphatic rings. The molecule has 2 aromatic heterocycles. The van der Waals surface area contributed by atoms with Gasteiger partial charge in [-0.05, 0) is 31.1 Å². The number of halogens is 1. The number of hydrogen-bond donors (Lipinski definition) is 2. The second kappa shape index (κ2) is 9.87. The van der Waals surface area contributed by atoms with Gasteiger partial charge in [-0.2, -0.15) is 5.10 Å². The van der Waals surface area contributed by atoms with Gasteiger partial charge in [0.05, 0.1) is 18.3 Å². The van der Waals surface area contributed by atoms with E-state index in [-0.39, 0.29) is 0 Å². The van der Waals surface area contributed by atoms with Gasteiger partial charge in [0.1, 0.15) is 10.6 Å². The molecule has 9 heteroatoms. The van der Waals surface area contributed by atoms with Crippen molar-refractivity contribution in [3.8, 4) is 11.1 Å². The average Bonchev–Trinajstić information content (AvgIpc) is 3.27. The summed E-state index contributed by atoms with van der Waals surface area (Å²) in [6.45, 7) is 3.37. The molecule has 0 saturated carbocycles. The Morgan fingerprint density at radius 3 is 2.76 bits per heavy atom. The lowest BCUT2D eigenvalue weighted by atomic mass is 10.0. The van der Waals surface area contributed by atoms with Crippen molar-refractivity contribution < 1.29 is 9.53 Å². The lowest BCUT2D eigenvalue weighted by Crippen LogP contribution is -2.30. The number of benzene rings is 1. The molecule has 0 spiro atoms. The van der Waals surface area contributed by atoms with E-state index in [0.29, 0.717) is 27.2 Å². The zero-order valence-electron chi connectivity index (χ0n) is 16.1. The van der Waals surface area contributed by atoms with Crippen LogP contribution in [0.3, 0.4) is 0 Å². The van der Waals surface area contributed by atoms with Crippen molar-refractivity contribution in [2.45, 2.75) is 19.9 Å². The first-order valence-corrected chi connectivity index (χ1v) is 10.6. The van der Waals surface area contributed by atoms with Gasteiger partial charge in [0.2, 0.25) is 0 Å². The van der Waals surface area contributed by atoms with Crippen LogP contribution < -0.4 is 10.6 Å². The molecule has 0 radical (unpaired) electrons. The molecule has 3 rings (SSSR count). The Hall–Kier alpha value is -2.42. The van der Waals surface area contributed by atoms with Crippen LogP contribution in [0.15, 0.2) is 42.7 Å². The number of carbonyl (C=O) groups is 1. The summed E-state index contributed by atoms with van der Waals surface area (Å²) >= 11 is 12.7. The Morgan fingerprint density at radius 1 is 1.34 bits per heavy atom. The molecule has 29 heavy (non-hydrogen) atoms. The van der Waals surface area contributed by atoms with Gasteiger partial charge in [0.15, 0.2) is 5.11 Å². The second-order valence-corrected chi connectivity index (χ2v) is 8.32. The predicted octanol–water partition coefficient (Wildman–Crippen LogP) is 4.74.